The van der Waals surface area contributed by atoms with E-state index < -0.39 is 54.9 Å². The number of nitrogens with zero attached hydrogens (tertiary/aromatic N) is 3. The van der Waals surface area contributed by atoms with Gasteiger partial charge in [-0.25, -0.2) is 4.98 Å². The summed E-state index contributed by atoms with van der Waals surface area (Å²) in [6.45, 7) is 4.55. The van der Waals surface area contributed by atoms with Crippen LogP contribution >= 0.6 is 0 Å². The molecule has 3 N–H and O–H groups in total. The molecule has 0 radical (unpaired) electrons. The molecule has 1 aromatic heterocycles. The second-order valence-corrected chi connectivity index (χ2v) is 10.1. The monoisotopic (exact) mass is 536 g/mol. The average Bonchev–Trinajstić information content (AvgIpc) is 2.92. The summed E-state index contributed by atoms with van der Waals surface area (Å²) in [5.41, 5.74) is 0.888. The topological polar surface area (TPSA) is 152 Å². The van der Waals surface area contributed by atoms with Gasteiger partial charge in [-0.1, -0.05) is 44.2 Å². The van der Waals surface area contributed by atoms with Crippen LogP contribution in [-0.2, 0) is 30.1 Å². The molecule has 0 spiro atoms. The number of fused-ring (bicyclic) bond motifs is 2. The fourth-order valence-electron chi connectivity index (χ4n) is 4.67. The van der Waals surface area contributed by atoms with E-state index in [1.54, 1.807) is 11.9 Å². The highest BCUT2D eigenvalue weighted by molar-refractivity contribution is 6.51. The van der Waals surface area contributed by atoms with Crippen molar-refractivity contribution in [2.45, 2.75) is 50.8 Å². The maximum atomic E-state index is 13.7. The Morgan fingerprint density at radius 2 is 1.74 bits per heavy atom. The first-order valence-electron chi connectivity index (χ1n) is 13.0. The number of piperazine rings is 1. The largest absolute Gasteiger partial charge is 0.622 e. The Labute approximate surface area is 227 Å². The van der Waals surface area contributed by atoms with Crippen LogP contribution in [0.25, 0.3) is 0 Å². The second kappa shape index (κ2) is 12.8. The van der Waals surface area contributed by atoms with Crippen molar-refractivity contribution < 1.29 is 28.5 Å². The summed E-state index contributed by atoms with van der Waals surface area (Å²) in [4.78, 5) is 62.1. The van der Waals surface area contributed by atoms with E-state index in [0.717, 1.165) is 5.56 Å². The lowest BCUT2D eigenvalue weighted by Crippen LogP contribution is -2.66. The van der Waals surface area contributed by atoms with Crippen LogP contribution in [-0.4, -0.2) is 89.9 Å². The fourth-order valence-corrected chi connectivity index (χ4v) is 4.67. The lowest BCUT2D eigenvalue weighted by Gasteiger charge is -2.40. The van der Waals surface area contributed by atoms with Crippen LogP contribution in [0.3, 0.4) is 0 Å². The molecule has 3 heterocycles. The van der Waals surface area contributed by atoms with Gasteiger partial charge in [-0.3, -0.25) is 29.1 Å². The molecule has 1 aromatic carbocycles. The summed E-state index contributed by atoms with van der Waals surface area (Å²) >= 11 is 0. The first kappa shape index (κ1) is 28.2. The molecule has 12 nitrogen and oxygen atoms in total. The van der Waals surface area contributed by atoms with Crippen LogP contribution in [0.5, 0.6) is 0 Å². The standard InChI is InChI=1S/C26H33BN6O6/c1-16(2)11-22(27-38-25(36)20-14-29-15-21(33(20)3)26(37)39-27)32-23(34)18(12-17-7-5-4-6-8-17)31-24(35)19-13-28-9-10-30-19/h4-10,13,16,18,20-22,29H,11-12,14-15H2,1-3H3,(H,31,35)(H,32,34)/t18-,20+,21+,22-/m0/s1. The lowest BCUT2D eigenvalue weighted by atomic mass is 9.73. The smallest absolute Gasteiger partial charge is 0.497 e. The van der Waals surface area contributed by atoms with Crippen molar-refractivity contribution in [3.63, 3.8) is 0 Å². The number of carbonyl (C=O) groups excluding carboxylic acids is 4. The number of likely N-dealkylation sites (N-methyl/N-ethyl adjacent to an activating group) is 1. The van der Waals surface area contributed by atoms with Crippen molar-refractivity contribution >= 4 is 30.9 Å². The van der Waals surface area contributed by atoms with Gasteiger partial charge in [0, 0.05) is 31.9 Å². The third-order valence-electron chi connectivity index (χ3n) is 6.75. The Morgan fingerprint density at radius 1 is 1.08 bits per heavy atom. The van der Waals surface area contributed by atoms with Gasteiger partial charge in [0.2, 0.25) is 5.91 Å². The quantitative estimate of drug-likeness (QED) is 0.366. The van der Waals surface area contributed by atoms with Crippen molar-refractivity contribution in [3.05, 3.63) is 60.2 Å². The molecule has 2 bridgehead atoms. The van der Waals surface area contributed by atoms with Gasteiger partial charge in [0.1, 0.15) is 23.8 Å². The number of hydrogen-bond acceptors (Lipinski definition) is 10. The Kier molecular flexibility index (Phi) is 9.26. The van der Waals surface area contributed by atoms with Crippen LogP contribution in [0, 0.1) is 5.92 Å². The summed E-state index contributed by atoms with van der Waals surface area (Å²) in [6.07, 6.45) is 4.69. The van der Waals surface area contributed by atoms with Crippen molar-refractivity contribution in [2.24, 2.45) is 5.92 Å². The number of carbonyl (C=O) groups is 4. The van der Waals surface area contributed by atoms with Crippen LogP contribution in [0.4, 0.5) is 0 Å². The summed E-state index contributed by atoms with van der Waals surface area (Å²) in [6, 6.07) is 6.92. The Bertz CT molecular complexity index is 1140. The van der Waals surface area contributed by atoms with Crippen molar-refractivity contribution in [1.82, 2.24) is 30.8 Å². The third kappa shape index (κ3) is 7.18. The minimum Gasteiger partial charge on any atom is -0.497 e. The molecule has 2 amide bonds. The van der Waals surface area contributed by atoms with Crippen molar-refractivity contribution in [3.8, 4) is 0 Å². The molecule has 39 heavy (non-hydrogen) atoms. The highest BCUT2D eigenvalue weighted by Gasteiger charge is 2.48. The number of benzene rings is 1. The first-order valence-corrected chi connectivity index (χ1v) is 13.0. The fraction of sp³-hybridized carbons (Fsp3) is 0.462. The SMILES string of the molecule is CC(C)C[C@H](NC(=O)[C@H](Cc1ccccc1)NC(=O)c1cnccn1)B1OC(=O)[C@H]2CNC[C@H](C(=O)O1)N2C. The average molecular weight is 536 g/mol. The minimum atomic E-state index is -1.32. The normalized spacial score (nSPS) is 21.2. The third-order valence-corrected chi connectivity index (χ3v) is 6.75. The van der Waals surface area contributed by atoms with Gasteiger partial charge in [0.05, 0.1) is 12.1 Å². The Morgan fingerprint density at radius 3 is 2.33 bits per heavy atom. The summed E-state index contributed by atoms with van der Waals surface area (Å²) in [5, 5.41) is 8.69. The second-order valence-electron chi connectivity index (χ2n) is 10.1. The molecule has 206 valence electrons. The van der Waals surface area contributed by atoms with Gasteiger partial charge in [-0.05, 0) is 24.9 Å². The van der Waals surface area contributed by atoms with Crippen LogP contribution in [0.15, 0.2) is 48.9 Å². The zero-order valence-electron chi connectivity index (χ0n) is 22.2. The van der Waals surface area contributed by atoms with Crippen LogP contribution in [0.1, 0.15) is 36.3 Å². The molecule has 0 saturated carbocycles. The molecule has 2 aliphatic rings. The summed E-state index contributed by atoms with van der Waals surface area (Å²) in [7, 11) is 0.363. The molecule has 0 unspecified atom stereocenters. The zero-order chi connectivity index (χ0) is 27.9. The van der Waals surface area contributed by atoms with Crippen molar-refractivity contribution in [2.75, 3.05) is 20.1 Å². The van der Waals surface area contributed by atoms with E-state index in [0.29, 0.717) is 19.5 Å². The molecule has 0 aliphatic carbocycles. The molecule has 2 aromatic rings. The lowest BCUT2D eigenvalue weighted by molar-refractivity contribution is -0.156. The summed E-state index contributed by atoms with van der Waals surface area (Å²) < 4.78 is 11.3. The maximum absolute atomic E-state index is 13.7. The van der Waals surface area contributed by atoms with E-state index in [9.17, 15) is 19.2 Å². The number of amides is 2. The summed E-state index contributed by atoms with van der Waals surface area (Å²) in [5.74, 6) is -2.96. The Hall–Kier alpha value is -3.84. The van der Waals surface area contributed by atoms with E-state index in [2.05, 4.69) is 25.9 Å². The molecule has 4 rings (SSSR count). The molecule has 4 atom stereocenters. The molecule has 2 aliphatic heterocycles. The molecular formula is C26H33BN6O6. The zero-order valence-corrected chi connectivity index (χ0v) is 22.2. The highest BCUT2D eigenvalue weighted by Crippen LogP contribution is 2.19. The van der Waals surface area contributed by atoms with Gasteiger partial charge < -0.3 is 25.3 Å². The highest BCUT2D eigenvalue weighted by atomic mass is 16.6. The van der Waals surface area contributed by atoms with Gasteiger partial charge in [-0.2, -0.15) is 0 Å². The Balaban J connectivity index is 1.56. The number of aromatic nitrogens is 2. The molecule has 2 saturated heterocycles. The molecule has 2 fully saturated rings. The van der Waals surface area contributed by atoms with E-state index in [1.807, 2.05) is 44.2 Å². The van der Waals surface area contributed by atoms with E-state index >= 15 is 0 Å². The number of hydrogen-bond donors (Lipinski definition) is 3. The van der Waals surface area contributed by atoms with E-state index in [1.165, 1.54) is 18.6 Å². The van der Waals surface area contributed by atoms with Crippen LogP contribution < -0.4 is 16.0 Å². The minimum absolute atomic E-state index is 0.0590. The van der Waals surface area contributed by atoms with E-state index in [-0.39, 0.29) is 18.0 Å². The van der Waals surface area contributed by atoms with Gasteiger partial charge in [0.15, 0.2) is 0 Å². The maximum Gasteiger partial charge on any atom is 0.622 e. The molecule has 13 heteroatoms. The van der Waals surface area contributed by atoms with Crippen molar-refractivity contribution in [1.29, 1.82) is 0 Å². The predicted molar refractivity (Wildman–Crippen MR) is 141 cm³/mol. The number of rotatable bonds is 9. The van der Waals surface area contributed by atoms with Gasteiger partial charge in [-0.15, -0.1) is 0 Å². The van der Waals surface area contributed by atoms with Crippen LogP contribution in [0.2, 0.25) is 0 Å². The van der Waals surface area contributed by atoms with Gasteiger partial charge in [0.25, 0.3) is 5.91 Å². The number of nitrogens with one attached hydrogen (secondary N) is 3. The van der Waals surface area contributed by atoms with Gasteiger partial charge >= 0.3 is 19.1 Å². The first-order chi connectivity index (χ1) is 18.7. The predicted octanol–water partition coefficient (Wildman–Crippen LogP) is -0.252. The molecular weight excluding hydrogens is 503 g/mol. The van der Waals surface area contributed by atoms with E-state index in [4.69, 9.17) is 9.31 Å².